The van der Waals surface area contributed by atoms with E-state index in [1.54, 1.807) is 0 Å². The van der Waals surface area contributed by atoms with Crippen LogP contribution in [0.15, 0.2) is 0 Å². The summed E-state index contributed by atoms with van der Waals surface area (Å²) in [6.45, 7) is 5.56. The smallest absolute Gasteiger partial charge is 0.221 e. The third kappa shape index (κ3) is 9.33. The molecule has 0 unspecified atom stereocenters. The average Bonchev–Trinajstić information content (AvgIpc) is 1.78. The van der Waals surface area contributed by atoms with E-state index < -0.39 is 9.84 Å². The Morgan fingerprint density at radius 1 is 1.31 bits per heavy atom. The molecule has 0 aromatic rings. The molecular formula is C8H17NO3S. The van der Waals surface area contributed by atoms with Gasteiger partial charge in [0.05, 0.1) is 5.75 Å². The normalized spacial score (nSPS) is 12.6. The van der Waals surface area contributed by atoms with Crippen molar-refractivity contribution in [3.05, 3.63) is 0 Å². The topological polar surface area (TPSA) is 63.2 Å². The van der Waals surface area contributed by atoms with Gasteiger partial charge in [-0.25, -0.2) is 8.42 Å². The third-order valence-electron chi connectivity index (χ3n) is 1.21. The highest BCUT2D eigenvalue weighted by atomic mass is 32.2. The Morgan fingerprint density at radius 2 is 1.77 bits per heavy atom. The molecule has 1 amide bonds. The quantitative estimate of drug-likeness (QED) is 0.725. The van der Waals surface area contributed by atoms with Gasteiger partial charge in [0.25, 0.3) is 0 Å². The molecule has 1 N–H and O–H groups in total. The van der Waals surface area contributed by atoms with Gasteiger partial charge < -0.3 is 5.32 Å². The minimum absolute atomic E-state index is 0.0378. The van der Waals surface area contributed by atoms with Crippen LogP contribution in [0.4, 0.5) is 0 Å². The molecular weight excluding hydrogens is 190 g/mol. The maximum Gasteiger partial charge on any atom is 0.221 e. The van der Waals surface area contributed by atoms with E-state index in [1.807, 2.05) is 20.8 Å². The van der Waals surface area contributed by atoms with E-state index in [0.29, 0.717) is 0 Å². The highest BCUT2D eigenvalue weighted by molar-refractivity contribution is 7.90. The van der Waals surface area contributed by atoms with E-state index in [1.165, 1.54) is 0 Å². The fourth-order valence-electron chi connectivity index (χ4n) is 0.759. The van der Waals surface area contributed by atoms with Gasteiger partial charge in [-0.15, -0.1) is 0 Å². The number of amides is 1. The lowest BCUT2D eigenvalue weighted by atomic mass is 10.1. The van der Waals surface area contributed by atoms with Gasteiger partial charge in [0.15, 0.2) is 0 Å². The van der Waals surface area contributed by atoms with Crippen LogP contribution in [0.25, 0.3) is 0 Å². The molecule has 13 heavy (non-hydrogen) atoms. The summed E-state index contributed by atoms with van der Waals surface area (Å²) in [7, 11) is -3.04. The first-order valence-corrected chi connectivity index (χ1v) is 6.15. The first-order valence-electron chi connectivity index (χ1n) is 4.09. The molecule has 0 radical (unpaired) electrons. The predicted molar refractivity (Wildman–Crippen MR) is 52.2 cm³/mol. The Bertz CT molecular complexity index is 274. The molecule has 0 aromatic heterocycles. The second-order valence-corrected chi connectivity index (χ2v) is 6.44. The van der Waals surface area contributed by atoms with Crippen LogP contribution in [0.3, 0.4) is 0 Å². The van der Waals surface area contributed by atoms with Crippen LogP contribution >= 0.6 is 0 Å². The van der Waals surface area contributed by atoms with Crippen molar-refractivity contribution in [2.24, 2.45) is 0 Å². The number of hydrogen-bond donors (Lipinski definition) is 1. The zero-order valence-corrected chi connectivity index (χ0v) is 9.36. The lowest BCUT2D eigenvalue weighted by Gasteiger charge is -2.20. The van der Waals surface area contributed by atoms with Crippen LogP contribution in [0, 0.1) is 0 Å². The minimum atomic E-state index is -3.04. The summed E-state index contributed by atoms with van der Waals surface area (Å²) in [5.74, 6) is -0.313. The first-order chi connectivity index (χ1) is 5.60. The van der Waals surface area contributed by atoms with E-state index in [0.717, 1.165) is 6.26 Å². The van der Waals surface area contributed by atoms with Crippen molar-refractivity contribution < 1.29 is 13.2 Å². The van der Waals surface area contributed by atoms with Crippen molar-refractivity contribution in [1.82, 2.24) is 5.32 Å². The van der Waals surface area contributed by atoms with Crippen molar-refractivity contribution in [2.45, 2.75) is 32.7 Å². The molecule has 0 aliphatic heterocycles. The van der Waals surface area contributed by atoms with Crippen LogP contribution in [0.1, 0.15) is 27.2 Å². The number of carbonyl (C=O) groups excluding carboxylic acids is 1. The lowest BCUT2D eigenvalue weighted by molar-refractivity contribution is -0.122. The van der Waals surface area contributed by atoms with Gasteiger partial charge in [0.2, 0.25) is 5.91 Å². The Balaban J connectivity index is 3.92. The third-order valence-corrected chi connectivity index (χ3v) is 2.16. The lowest BCUT2D eigenvalue weighted by Crippen LogP contribution is -2.41. The zero-order valence-electron chi connectivity index (χ0n) is 8.55. The summed E-state index contributed by atoms with van der Waals surface area (Å²) in [6.07, 6.45) is 1.16. The maximum absolute atomic E-state index is 11.1. The molecule has 0 heterocycles. The summed E-state index contributed by atoms with van der Waals surface area (Å²) < 4.78 is 21.4. The monoisotopic (exact) mass is 207 g/mol. The van der Waals surface area contributed by atoms with E-state index in [-0.39, 0.29) is 23.6 Å². The fourth-order valence-corrected chi connectivity index (χ4v) is 1.32. The molecule has 0 aliphatic carbocycles. The van der Waals surface area contributed by atoms with E-state index in [4.69, 9.17) is 0 Å². The highest BCUT2D eigenvalue weighted by Crippen LogP contribution is 1.99. The largest absolute Gasteiger partial charge is 0.351 e. The molecule has 5 heteroatoms. The Kier molecular flexibility index (Phi) is 3.90. The number of nitrogens with one attached hydrogen (secondary N) is 1. The number of carbonyl (C=O) groups is 1. The van der Waals surface area contributed by atoms with Crippen molar-refractivity contribution in [3.8, 4) is 0 Å². The fraction of sp³-hybridized carbons (Fsp3) is 0.875. The van der Waals surface area contributed by atoms with Gasteiger partial charge in [-0.05, 0) is 20.8 Å². The molecule has 0 aliphatic rings. The molecule has 0 spiro atoms. The summed E-state index contributed by atoms with van der Waals surface area (Å²) >= 11 is 0. The number of hydrogen-bond acceptors (Lipinski definition) is 3. The van der Waals surface area contributed by atoms with Crippen LogP contribution in [0.5, 0.6) is 0 Å². The van der Waals surface area contributed by atoms with Gasteiger partial charge in [-0.2, -0.15) is 0 Å². The SMILES string of the molecule is CC(C)(C)NC(=O)CCS(C)(=O)=O. The van der Waals surface area contributed by atoms with Crippen molar-refractivity contribution >= 4 is 15.7 Å². The van der Waals surface area contributed by atoms with Gasteiger partial charge in [-0.1, -0.05) is 0 Å². The summed E-state index contributed by atoms with van der Waals surface area (Å²) in [6, 6.07) is 0. The summed E-state index contributed by atoms with van der Waals surface area (Å²) in [5.41, 5.74) is -0.297. The number of sulfone groups is 1. The zero-order chi connectivity index (χ0) is 10.7. The van der Waals surface area contributed by atoms with E-state index in [2.05, 4.69) is 5.32 Å². The Hall–Kier alpha value is -0.580. The predicted octanol–water partition coefficient (Wildman–Crippen LogP) is 0.336. The molecule has 0 atom stereocenters. The van der Waals surface area contributed by atoms with Gasteiger partial charge >= 0.3 is 0 Å². The molecule has 0 aromatic carbocycles. The second-order valence-electron chi connectivity index (χ2n) is 4.18. The number of rotatable bonds is 3. The van der Waals surface area contributed by atoms with Crippen molar-refractivity contribution in [1.29, 1.82) is 0 Å². The molecule has 0 rings (SSSR count). The molecule has 0 saturated heterocycles. The van der Waals surface area contributed by atoms with Crippen LogP contribution in [-0.2, 0) is 14.6 Å². The van der Waals surface area contributed by atoms with Gasteiger partial charge in [0.1, 0.15) is 9.84 Å². The summed E-state index contributed by atoms with van der Waals surface area (Å²) in [4.78, 5) is 11.1. The molecule has 0 fully saturated rings. The maximum atomic E-state index is 11.1. The summed E-state index contributed by atoms with van der Waals surface area (Å²) in [5, 5.41) is 2.69. The van der Waals surface area contributed by atoms with E-state index >= 15 is 0 Å². The van der Waals surface area contributed by atoms with Gasteiger partial charge in [-0.3, -0.25) is 4.79 Å². The molecule has 0 bridgehead atoms. The Labute approximate surface area is 79.6 Å². The first kappa shape index (κ1) is 12.4. The van der Waals surface area contributed by atoms with E-state index in [9.17, 15) is 13.2 Å². The van der Waals surface area contributed by atoms with Crippen LogP contribution in [-0.4, -0.2) is 31.9 Å². The van der Waals surface area contributed by atoms with Crippen molar-refractivity contribution in [3.63, 3.8) is 0 Å². The molecule has 0 saturated carbocycles. The van der Waals surface area contributed by atoms with Crippen LogP contribution < -0.4 is 5.32 Å². The second kappa shape index (κ2) is 4.09. The minimum Gasteiger partial charge on any atom is -0.351 e. The molecule has 4 nitrogen and oxygen atoms in total. The Morgan fingerprint density at radius 3 is 2.08 bits per heavy atom. The average molecular weight is 207 g/mol. The van der Waals surface area contributed by atoms with Crippen LogP contribution in [0.2, 0.25) is 0 Å². The molecule has 78 valence electrons. The van der Waals surface area contributed by atoms with Gasteiger partial charge in [0, 0.05) is 18.2 Å². The van der Waals surface area contributed by atoms with Crippen molar-refractivity contribution in [2.75, 3.05) is 12.0 Å². The highest BCUT2D eigenvalue weighted by Gasteiger charge is 2.14. The standard InChI is InChI=1S/C8H17NO3S/c1-8(2,3)9-7(10)5-6-13(4,11)12/h5-6H2,1-4H3,(H,9,10).